The van der Waals surface area contributed by atoms with Gasteiger partial charge in [-0.25, -0.2) is 13.6 Å². The predicted molar refractivity (Wildman–Crippen MR) is 54.3 cm³/mol. The zero-order valence-corrected chi connectivity index (χ0v) is 9.55. The highest BCUT2D eigenvalue weighted by Crippen LogP contribution is 2.25. The van der Waals surface area contributed by atoms with E-state index in [-0.39, 0.29) is 17.1 Å². The van der Waals surface area contributed by atoms with E-state index in [1.54, 1.807) is 0 Å². The lowest BCUT2D eigenvalue weighted by molar-refractivity contribution is -0.117. The van der Waals surface area contributed by atoms with Crippen LogP contribution in [0.2, 0.25) is 0 Å². The van der Waals surface area contributed by atoms with E-state index >= 15 is 0 Å². The molecule has 2 N–H and O–H groups in total. The molecule has 0 aliphatic carbocycles. The third-order valence-electron chi connectivity index (χ3n) is 2.25. The Bertz CT molecular complexity index is 459. The number of carboxylic acids is 1. The van der Waals surface area contributed by atoms with Crippen molar-refractivity contribution in [2.45, 2.75) is 19.3 Å². The summed E-state index contributed by atoms with van der Waals surface area (Å²) in [7, 11) is 1.32. The lowest BCUT2D eigenvalue weighted by Gasteiger charge is -2.16. The monoisotopic (exact) mass is 269 g/mol. The molecular weight excluding hydrogens is 258 g/mol. The van der Waals surface area contributed by atoms with Crippen molar-refractivity contribution in [3.8, 4) is 0 Å². The average molecular weight is 269 g/mol. The number of halogens is 4. The number of aromatic nitrogens is 2. The summed E-state index contributed by atoms with van der Waals surface area (Å²) in [6.07, 6.45) is -3.83. The highest BCUT2D eigenvalue weighted by atomic mass is 19.3. The van der Waals surface area contributed by atoms with Crippen molar-refractivity contribution in [3.05, 3.63) is 11.3 Å². The molecule has 1 rings (SSSR count). The molecule has 1 heterocycles. The van der Waals surface area contributed by atoms with E-state index in [1.165, 1.54) is 14.0 Å². The van der Waals surface area contributed by atoms with Crippen LogP contribution in [-0.4, -0.2) is 39.7 Å². The summed E-state index contributed by atoms with van der Waals surface area (Å²) in [4.78, 5) is 10.9. The van der Waals surface area contributed by atoms with Crippen LogP contribution < -0.4 is 5.32 Å². The van der Waals surface area contributed by atoms with Crippen molar-refractivity contribution >= 4 is 11.8 Å². The Morgan fingerprint density at radius 2 is 2.11 bits per heavy atom. The third-order valence-corrected chi connectivity index (χ3v) is 2.25. The lowest BCUT2D eigenvalue weighted by atomic mass is 10.2. The standard InChI is InChI=1S/C9H11F4N3O2/c1-4-5(7(17)18)6(16(2)15-4)14-3-9(12,13)8(10)11/h8,14H,3H2,1-2H3,(H,17,18). The topological polar surface area (TPSA) is 67.2 Å². The smallest absolute Gasteiger partial charge is 0.341 e. The fraction of sp³-hybridized carbons (Fsp3) is 0.556. The van der Waals surface area contributed by atoms with Crippen LogP contribution in [0.4, 0.5) is 23.4 Å². The minimum absolute atomic E-state index is 0.105. The van der Waals surface area contributed by atoms with Crippen LogP contribution in [0.3, 0.4) is 0 Å². The van der Waals surface area contributed by atoms with Gasteiger partial charge < -0.3 is 10.4 Å². The summed E-state index contributed by atoms with van der Waals surface area (Å²) >= 11 is 0. The Labute approximate surface area is 99.4 Å². The number of aryl methyl sites for hydroxylation is 2. The molecule has 0 fully saturated rings. The van der Waals surface area contributed by atoms with Crippen molar-refractivity contribution in [1.29, 1.82) is 0 Å². The molecule has 0 aromatic carbocycles. The van der Waals surface area contributed by atoms with Crippen molar-refractivity contribution in [1.82, 2.24) is 9.78 Å². The number of carbonyl (C=O) groups is 1. The normalized spacial score (nSPS) is 11.9. The summed E-state index contributed by atoms with van der Waals surface area (Å²) in [5, 5.41) is 14.6. The highest BCUT2D eigenvalue weighted by Gasteiger charge is 2.41. The molecule has 1 aromatic rings. The molecule has 0 saturated carbocycles. The Hall–Kier alpha value is -1.80. The highest BCUT2D eigenvalue weighted by molar-refractivity contribution is 5.94. The van der Waals surface area contributed by atoms with E-state index in [2.05, 4.69) is 5.10 Å². The van der Waals surface area contributed by atoms with E-state index in [1.807, 2.05) is 5.32 Å². The van der Waals surface area contributed by atoms with Gasteiger partial charge in [0, 0.05) is 7.05 Å². The van der Waals surface area contributed by atoms with Crippen LogP contribution in [0, 0.1) is 6.92 Å². The molecule has 9 heteroatoms. The maximum absolute atomic E-state index is 12.7. The van der Waals surface area contributed by atoms with Crippen LogP contribution >= 0.6 is 0 Å². The lowest BCUT2D eigenvalue weighted by Crippen LogP contribution is -2.35. The first-order chi connectivity index (χ1) is 8.16. The maximum atomic E-state index is 12.7. The SMILES string of the molecule is Cc1nn(C)c(NCC(F)(F)C(F)F)c1C(=O)O. The molecule has 1 aromatic heterocycles. The van der Waals surface area contributed by atoms with Gasteiger partial charge in [-0.1, -0.05) is 0 Å². The van der Waals surface area contributed by atoms with Gasteiger partial charge in [-0.15, -0.1) is 0 Å². The Kier molecular flexibility index (Phi) is 3.82. The largest absolute Gasteiger partial charge is 0.477 e. The minimum atomic E-state index is -4.24. The number of carboxylic acid groups (broad SMARTS) is 1. The zero-order valence-electron chi connectivity index (χ0n) is 9.55. The number of alkyl halides is 4. The van der Waals surface area contributed by atoms with Gasteiger partial charge in [0.05, 0.1) is 12.2 Å². The van der Waals surface area contributed by atoms with Gasteiger partial charge in [0.15, 0.2) is 0 Å². The number of hydrogen-bond donors (Lipinski definition) is 2. The minimum Gasteiger partial charge on any atom is -0.477 e. The van der Waals surface area contributed by atoms with Crippen LogP contribution in [0.5, 0.6) is 0 Å². The molecule has 5 nitrogen and oxygen atoms in total. The summed E-state index contributed by atoms with van der Waals surface area (Å²) < 4.78 is 50.3. The van der Waals surface area contributed by atoms with Crippen molar-refractivity contribution < 1.29 is 27.5 Å². The first kappa shape index (κ1) is 14.3. The molecule has 0 amide bonds. The van der Waals surface area contributed by atoms with Gasteiger partial charge in [0.1, 0.15) is 11.4 Å². The molecular formula is C9H11F4N3O2. The second-order valence-electron chi connectivity index (χ2n) is 3.65. The summed E-state index contributed by atoms with van der Waals surface area (Å²) in [6, 6.07) is 0. The van der Waals surface area contributed by atoms with Gasteiger partial charge in [-0.3, -0.25) is 4.68 Å². The second kappa shape index (κ2) is 4.83. The maximum Gasteiger partial charge on any atom is 0.341 e. The van der Waals surface area contributed by atoms with Crippen LogP contribution in [-0.2, 0) is 7.05 Å². The number of aromatic carboxylic acids is 1. The van der Waals surface area contributed by atoms with E-state index in [4.69, 9.17) is 5.11 Å². The first-order valence-corrected chi connectivity index (χ1v) is 4.83. The van der Waals surface area contributed by atoms with Gasteiger partial charge >= 0.3 is 18.3 Å². The van der Waals surface area contributed by atoms with E-state index in [9.17, 15) is 22.4 Å². The molecule has 0 spiro atoms. The van der Waals surface area contributed by atoms with E-state index in [0.717, 1.165) is 4.68 Å². The quantitative estimate of drug-likeness (QED) is 0.799. The van der Waals surface area contributed by atoms with Gasteiger partial charge in [0.2, 0.25) is 0 Å². The molecule has 0 bridgehead atoms. The number of rotatable bonds is 5. The summed E-state index contributed by atoms with van der Waals surface area (Å²) in [5.41, 5.74) is -0.213. The summed E-state index contributed by atoms with van der Waals surface area (Å²) in [5.74, 6) is -5.85. The Morgan fingerprint density at radius 3 is 2.56 bits per heavy atom. The van der Waals surface area contributed by atoms with Crippen LogP contribution in [0.25, 0.3) is 0 Å². The first-order valence-electron chi connectivity index (χ1n) is 4.83. The second-order valence-corrected chi connectivity index (χ2v) is 3.65. The number of anilines is 1. The van der Waals surface area contributed by atoms with Crippen molar-refractivity contribution in [3.63, 3.8) is 0 Å². The van der Waals surface area contributed by atoms with Gasteiger partial charge in [-0.05, 0) is 6.92 Å². The predicted octanol–water partition coefficient (Wildman–Crippen LogP) is 1.74. The van der Waals surface area contributed by atoms with Crippen LogP contribution in [0.1, 0.15) is 16.1 Å². The fourth-order valence-electron chi connectivity index (χ4n) is 1.40. The van der Waals surface area contributed by atoms with Crippen molar-refractivity contribution in [2.24, 2.45) is 7.05 Å². The number of nitrogens with zero attached hydrogens (tertiary/aromatic N) is 2. The fourth-order valence-corrected chi connectivity index (χ4v) is 1.40. The molecule has 0 radical (unpaired) electrons. The molecule has 0 saturated heterocycles. The van der Waals surface area contributed by atoms with Crippen molar-refractivity contribution in [2.75, 3.05) is 11.9 Å². The van der Waals surface area contributed by atoms with E-state index in [0.29, 0.717) is 0 Å². The van der Waals surface area contributed by atoms with Crippen LogP contribution in [0.15, 0.2) is 0 Å². The van der Waals surface area contributed by atoms with E-state index < -0.39 is 24.9 Å². The summed E-state index contributed by atoms with van der Waals surface area (Å²) in [6.45, 7) is 0.00378. The number of nitrogens with one attached hydrogen (secondary N) is 1. The number of hydrogen-bond acceptors (Lipinski definition) is 3. The molecule has 0 unspecified atom stereocenters. The van der Waals surface area contributed by atoms with Gasteiger partial charge in [0.25, 0.3) is 0 Å². The molecule has 0 aliphatic heterocycles. The molecule has 18 heavy (non-hydrogen) atoms. The molecule has 0 aliphatic rings. The third kappa shape index (κ3) is 2.71. The molecule has 102 valence electrons. The average Bonchev–Trinajstić information content (AvgIpc) is 2.50. The molecule has 0 atom stereocenters. The Balaban J connectivity index is 2.95. The zero-order chi connectivity index (χ0) is 14.1. The Morgan fingerprint density at radius 1 is 1.56 bits per heavy atom. The van der Waals surface area contributed by atoms with Gasteiger partial charge in [-0.2, -0.15) is 13.9 Å².